The number of hydrogen-bond acceptors (Lipinski definition) is 3. The maximum absolute atomic E-state index is 5.58. The van der Waals surface area contributed by atoms with Gasteiger partial charge in [-0.2, -0.15) is 0 Å². The number of methoxy groups -OCH3 is 1. The molecule has 0 aliphatic heterocycles. The average Bonchev–Trinajstić information content (AvgIpc) is 2.36. The van der Waals surface area contributed by atoms with Crippen molar-refractivity contribution in [3.05, 3.63) is 35.4 Å². The first kappa shape index (κ1) is 15.2. The van der Waals surface area contributed by atoms with Crippen LogP contribution in [0.5, 0.6) is 0 Å². The van der Waals surface area contributed by atoms with Crippen LogP contribution in [0, 0.1) is 0 Å². The smallest absolute Gasteiger partial charge is 0.0720 e. The van der Waals surface area contributed by atoms with Crippen LogP contribution < -0.4 is 5.32 Å². The molecule has 0 radical (unpaired) electrons. The fraction of sp³-hybridized carbons (Fsp3) is 0.600. The van der Waals surface area contributed by atoms with E-state index >= 15 is 0 Å². The van der Waals surface area contributed by atoms with Crippen LogP contribution >= 0.6 is 0 Å². The summed E-state index contributed by atoms with van der Waals surface area (Å²) < 4.78 is 10.5. The minimum atomic E-state index is 0.537. The van der Waals surface area contributed by atoms with E-state index in [1.807, 2.05) is 0 Å². The molecular formula is C15H25NO2. The molecular weight excluding hydrogens is 226 g/mol. The first-order chi connectivity index (χ1) is 8.74. The first-order valence-corrected chi connectivity index (χ1v) is 6.61. The second-order valence-electron chi connectivity index (χ2n) is 4.67. The van der Waals surface area contributed by atoms with Gasteiger partial charge in [-0.25, -0.2) is 0 Å². The molecule has 0 unspecified atom stereocenters. The van der Waals surface area contributed by atoms with E-state index in [1.54, 1.807) is 7.11 Å². The van der Waals surface area contributed by atoms with Crippen LogP contribution in [0.2, 0.25) is 0 Å². The lowest BCUT2D eigenvalue weighted by atomic mass is 10.1. The van der Waals surface area contributed by atoms with Crippen LogP contribution in [0.1, 0.15) is 25.0 Å². The number of hydrogen-bond donors (Lipinski definition) is 1. The summed E-state index contributed by atoms with van der Waals surface area (Å²) in [6.07, 6.45) is 1.04. The molecule has 1 aromatic carbocycles. The molecule has 0 bridgehead atoms. The molecule has 0 aromatic heterocycles. The van der Waals surface area contributed by atoms with Gasteiger partial charge in [0.15, 0.2) is 0 Å². The fourth-order valence-corrected chi connectivity index (χ4v) is 1.76. The van der Waals surface area contributed by atoms with E-state index < -0.39 is 0 Å². The van der Waals surface area contributed by atoms with Crippen molar-refractivity contribution < 1.29 is 9.47 Å². The Balaban J connectivity index is 2.40. The highest BCUT2D eigenvalue weighted by Gasteiger charge is 2.02. The third-order valence-electron chi connectivity index (χ3n) is 2.75. The summed E-state index contributed by atoms with van der Waals surface area (Å²) in [4.78, 5) is 0. The Hall–Kier alpha value is -0.900. The maximum atomic E-state index is 5.58. The minimum absolute atomic E-state index is 0.537. The normalized spacial score (nSPS) is 11.1. The molecule has 0 atom stereocenters. The van der Waals surface area contributed by atoms with Crippen molar-refractivity contribution >= 4 is 0 Å². The van der Waals surface area contributed by atoms with Gasteiger partial charge in [0.1, 0.15) is 0 Å². The molecule has 0 heterocycles. The SMILES string of the molecule is COCCOCc1ccccc1CCNC(C)C. The van der Waals surface area contributed by atoms with Gasteiger partial charge in [0.05, 0.1) is 19.8 Å². The zero-order valence-corrected chi connectivity index (χ0v) is 11.7. The molecule has 1 N–H and O–H groups in total. The predicted octanol–water partition coefficient (Wildman–Crippen LogP) is 2.39. The van der Waals surface area contributed by atoms with E-state index in [4.69, 9.17) is 9.47 Å². The summed E-state index contributed by atoms with van der Waals surface area (Å²) in [5.41, 5.74) is 2.64. The topological polar surface area (TPSA) is 30.5 Å². The third kappa shape index (κ3) is 6.15. The molecule has 0 saturated heterocycles. The van der Waals surface area contributed by atoms with Gasteiger partial charge in [-0.05, 0) is 24.1 Å². The predicted molar refractivity (Wildman–Crippen MR) is 74.8 cm³/mol. The van der Waals surface area contributed by atoms with E-state index in [2.05, 4.69) is 43.4 Å². The van der Waals surface area contributed by atoms with Crippen molar-refractivity contribution in [2.75, 3.05) is 26.9 Å². The molecule has 102 valence electrons. The molecule has 0 aliphatic carbocycles. The third-order valence-corrected chi connectivity index (χ3v) is 2.75. The van der Waals surface area contributed by atoms with Crippen LogP contribution in [0.4, 0.5) is 0 Å². The molecule has 3 heteroatoms. The quantitative estimate of drug-likeness (QED) is 0.684. The first-order valence-electron chi connectivity index (χ1n) is 6.61. The Morgan fingerprint density at radius 2 is 1.83 bits per heavy atom. The lowest BCUT2D eigenvalue weighted by Gasteiger charge is -2.12. The summed E-state index contributed by atoms with van der Waals surface area (Å²) in [5.74, 6) is 0. The Bertz CT molecular complexity index is 326. The van der Waals surface area contributed by atoms with Gasteiger partial charge in [0, 0.05) is 13.2 Å². The highest BCUT2D eigenvalue weighted by molar-refractivity contribution is 5.26. The Labute approximate surface area is 110 Å². The molecule has 0 amide bonds. The van der Waals surface area contributed by atoms with Crippen molar-refractivity contribution in [3.63, 3.8) is 0 Å². The molecule has 0 saturated carbocycles. The van der Waals surface area contributed by atoms with Crippen molar-refractivity contribution in [2.45, 2.75) is 32.9 Å². The van der Waals surface area contributed by atoms with Crippen molar-refractivity contribution in [3.8, 4) is 0 Å². The summed E-state index contributed by atoms with van der Waals surface area (Å²) in [6, 6.07) is 9.00. The monoisotopic (exact) mass is 251 g/mol. The number of rotatable bonds is 9. The Morgan fingerprint density at radius 1 is 1.11 bits per heavy atom. The second kappa shape index (κ2) is 9.09. The molecule has 1 aromatic rings. The second-order valence-corrected chi connectivity index (χ2v) is 4.67. The summed E-state index contributed by atoms with van der Waals surface area (Å²) in [7, 11) is 1.69. The molecule has 0 fully saturated rings. The standard InChI is InChI=1S/C15H25NO2/c1-13(2)16-9-8-14-6-4-5-7-15(14)12-18-11-10-17-3/h4-7,13,16H,8-12H2,1-3H3. The lowest BCUT2D eigenvalue weighted by Crippen LogP contribution is -2.25. The van der Waals surface area contributed by atoms with Gasteiger partial charge in [-0.1, -0.05) is 38.1 Å². The molecule has 1 rings (SSSR count). The molecule has 0 aliphatic rings. The highest BCUT2D eigenvalue weighted by atomic mass is 16.5. The van der Waals surface area contributed by atoms with E-state index in [9.17, 15) is 0 Å². The van der Waals surface area contributed by atoms with Crippen LogP contribution in [0.15, 0.2) is 24.3 Å². The Morgan fingerprint density at radius 3 is 2.50 bits per heavy atom. The van der Waals surface area contributed by atoms with Crippen LogP contribution in [0.3, 0.4) is 0 Å². The Kier molecular flexibility index (Phi) is 7.65. The largest absolute Gasteiger partial charge is 0.382 e. The number of ether oxygens (including phenoxy) is 2. The molecule has 3 nitrogen and oxygen atoms in total. The summed E-state index contributed by atoms with van der Waals surface area (Å²) in [6.45, 7) is 7.31. The zero-order valence-electron chi connectivity index (χ0n) is 11.7. The van der Waals surface area contributed by atoms with Crippen LogP contribution in [-0.2, 0) is 22.5 Å². The van der Waals surface area contributed by atoms with Crippen LogP contribution in [-0.4, -0.2) is 32.9 Å². The summed E-state index contributed by atoms with van der Waals surface area (Å²) >= 11 is 0. The maximum Gasteiger partial charge on any atom is 0.0720 e. The fourth-order valence-electron chi connectivity index (χ4n) is 1.76. The van der Waals surface area contributed by atoms with Gasteiger partial charge >= 0.3 is 0 Å². The summed E-state index contributed by atoms with van der Waals surface area (Å²) in [5, 5.41) is 3.44. The van der Waals surface area contributed by atoms with E-state index in [0.29, 0.717) is 25.9 Å². The number of nitrogens with one attached hydrogen (secondary N) is 1. The van der Waals surface area contributed by atoms with Crippen LogP contribution in [0.25, 0.3) is 0 Å². The van der Waals surface area contributed by atoms with Crippen molar-refractivity contribution in [1.29, 1.82) is 0 Å². The minimum Gasteiger partial charge on any atom is -0.382 e. The zero-order chi connectivity index (χ0) is 13.2. The van der Waals surface area contributed by atoms with E-state index in [-0.39, 0.29) is 0 Å². The van der Waals surface area contributed by atoms with Gasteiger partial charge in [0.25, 0.3) is 0 Å². The van der Waals surface area contributed by atoms with E-state index in [1.165, 1.54) is 11.1 Å². The van der Waals surface area contributed by atoms with Gasteiger partial charge in [0.2, 0.25) is 0 Å². The van der Waals surface area contributed by atoms with Gasteiger partial charge in [-0.15, -0.1) is 0 Å². The van der Waals surface area contributed by atoms with Gasteiger partial charge in [-0.3, -0.25) is 0 Å². The van der Waals surface area contributed by atoms with E-state index in [0.717, 1.165) is 13.0 Å². The number of benzene rings is 1. The molecule has 0 spiro atoms. The lowest BCUT2D eigenvalue weighted by molar-refractivity contribution is 0.0613. The molecule has 18 heavy (non-hydrogen) atoms. The van der Waals surface area contributed by atoms with Crippen molar-refractivity contribution in [2.24, 2.45) is 0 Å². The highest BCUT2D eigenvalue weighted by Crippen LogP contribution is 2.10. The average molecular weight is 251 g/mol. The van der Waals surface area contributed by atoms with Gasteiger partial charge < -0.3 is 14.8 Å². The van der Waals surface area contributed by atoms with Crippen molar-refractivity contribution in [1.82, 2.24) is 5.32 Å².